The second kappa shape index (κ2) is 8.49. The first-order chi connectivity index (χ1) is 12.7. The van der Waals surface area contributed by atoms with Crippen LogP contribution in [-0.2, 0) is 4.79 Å². The van der Waals surface area contributed by atoms with Gasteiger partial charge in [0.15, 0.2) is 0 Å². The van der Waals surface area contributed by atoms with Gasteiger partial charge in [-0.2, -0.15) is 0 Å². The summed E-state index contributed by atoms with van der Waals surface area (Å²) in [6.07, 6.45) is 0. The first kappa shape index (κ1) is 20.2. The summed E-state index contributed by atoms with van der Waals surface area (Å²) in [5.74, 6) is -1.82. The molecule has 0 aliphatic carbocycles. The summed E-state index contributed by atoms with van der Waals surface area (Å²) >= 11 is 0. The number of rotatable bonds is 6. The van der Waals surface area contributed by atoms with E-state index in [0.717, 1.165) is 5.56 Å². The second-order valence-electron chi connectivity index (χ2n) is 6.89. The fourth-order valence-corrected chi connectivity index (χ4v) is 2.67. The molecule has 0 aliphatic heterocycles. The minimum atomic E-state index is -1.02. The van der Waals surface area contributed by atoms with Crippen molar-refractivity contribution < 1.29 is 19.5 Å². The van der Waals surface area contributed by atoms with Crippen molar-refractivity contribution in [3.8, 4) is 0 Å². The Balaban J connectivity index is 2.13. The molecule has 1 atom stereocenters. The average Bonchev–Trinajstić information content (AvgIpc) is 2.59. The molecule has 0 fully saturated rings. The Morgan fingerprint density at radius 1 is 0.963 bits per heavy atom. The molecule has 2 amide bonds. The first-order valence-corrected chi connectivity index (χ1v) is 8.71. The Morgan fingerprint density at radius 2 is 1.59 bits per heavy atom. The van der Waals surface area contributed by atoms with Crippen LogP contribution in [0.2, 0.25) is 0 Å². The van der Waals surface area contributed by atoms with Crippen molar-refractivity contribution >= 4 is 23.5 Å². The van der Waals surface area contributed by atoms with Crippen LogP contribution in [-0.4, -0.2) is 28.9 Å². The molecule has 1 unspecified atom stereocenters. The number of carboxylic acids is 1. The van der Waals surface area contributed by atoms with Crippen LogP contribution in [0.3, 0.4) is 0 Å². The molecule has 27 heavy (non-hydrogen) atoms. The molecule has 0 spiro atoms. The highest BCUT2D eigenvalue weighted by Gasteiger charge is 2.25. The van der Waals surface area contributed by atoms with Crippen molar-refractivity contribution in [2.24, 2.45) is 5.92 Å². The zero-order chi connectivity index (χ0) is 20.1. The van der Waals surface area contributed by atoms with Crippen molar-refractivity contribution in [1.29, 1.82) is 0 Å². The monoisotopic (exact) mass is 368 g/mol. The lowest BCUT2D eigenvalue weighted by Gasteiger charge is -2.22. The van der Waals surface area contributed by atoms with E-state index >= 15 is 0 Å². The average molecular weight is 368 g/mol. The topological polar surface area (TPSA) is 95.5 Å². The standard InChI is InChI=1S/C21H24N2O4/c1-12(2)18(23-19(24)15-7-5-13(3)6-8-15)20(25)22-16-9-10-17(21(26)27)14(4)11-16/h5-12,18H,1-4H3,(H,22,25)(H,23,24)(H,26,27). The number of carbonyl (C=O) groups excluding carboxylic acids is 2. The first-order valence-electron chi connectivity index (χ1n) is 8.71. The van der Waals surface area contributed by atoms with E-state index in [4.69, 9.17) is 5.11 Å². The Kier molecular flexibility index (Phi) is 6.34. The lowest BCUT2D eigenvalue weighted by Crippen LogP contribution is -2.47. The van der Waals surface area contributed by atoms with Crippen LogP contribution in [0.25, 0.3) is 0 Å². The van der Waals surface area contributed by atoms with Gasteiger partial charge in [0.2, 0.25) is 5.91 Å². The van der Waals surface area contributed by atoms with Gasteiger partial charge in [-0.15, -0.1) is 0 Å². The summed E-state index contributed by atoms with van der Waals surface area (Å²) in [6.45, 7) is 7.29. The fourth-order valence-electron chi connectivity index (χ4n) is 2.67. The number of amides is 2. The Bertz CT molecular complexity index is 857. The van der Waals surface area contributed by atoms with Crippen molar-refractivity contribution in [3.05, 3.63) is 64.7 Å². The Hall–Kier alpha value is -3.15. The predicted octanol–water partition coefficient (Wildman–Crippen LogP) is 3.39. The van der Waals surface area contributed by atoms with Crippen molar-refractivity contribution in [2.45, 2.75) is 33.7 Å². The summed E-state index contributed by atoms with van der Waals surface area (Å²) in [5, 5.41) is 14.6. The summed E-state index contributed by atoms with van der Waals surface area (Å²) in [6, 6.07) is 11.0. The van der Waals surface area contributed by atoms with Crippen LogP contribution < -0.4 is 10.6 Å². The molecule has 6 nitrogen and oxygen atoms in total. The molecule has 2 rings (SSSR count). The van der Waals surface area contributed by atoms with E-state index in [1.165, 1.54) is 12.1 Å². The van der Waals surface area contributed by atoms with E-state index in [1.54, 1.807) is 25.1 Å². The number of hydrogen-bond acceptors (Lipinski definition) is 3. The normalized spacial score (nSPS) is 11.7. The molecule has 142 valence electrons. The minimum absolute atomic E-state index is 0.126. The number of nitrogens with one attached hydrogen (secondary N) is 2. The molecule has 6 heteroatoms. The molecule has 2 aromatic carbocycles. The molecule has 0 bridgehead atoms. The lowest BCUT2D eigenvalue weighted by atomic mass is 10.0. The minimum Gasteiger partial charge on any atom is -0.478 e. The summed E-state index contributed by atoms with van der Waals surface area (Å²) in [5.41, 5.74) is 2.74. The van der Waals surface area contributed by atoms with Gasteiger partial charge in [0.1, 0.15) is 6.04 Å². The highest BCUT2D eigenvalue weighted by molar-refractivity contribution is 6.01. The van der Waals surface area contributed by atoms with Gasteiger partial charge < -0.3 is 15.7 Å². The molecule has 2 aromatic rings. The van der Waals surface area contributed by atoms with E-state index in [-0.39, 0.29) is 23.3 Å². The van der Waals surface area contributed by atoms with Crippen LogP contribution in [0.1, 0.15) is 45.7 Å². The number of carboxylic acid groups (broad SMARTS) is 1. The number of anilines is 1. The lowest BCUT2D eigenvalue weighted by molar-refractivity contribution is -0.118. The summed E-state index contributed by atoms with van der Waals surface area (Å²) in [7, 11) is 0. The molecule has 0 radical (unpaired) electrons. The van der Waals surface area contributed by atoms with Gasteiger partial charge in [0.25, 0.3) is 5.91 Å². The highest BCUT2D eigenvalue weighted by atomic mass is 16.4. The number of hydrogen-bond donors (Lipinski definition) is 3. The molecular formula is C21H24N2O4. The van der Waals surface area contributed by atoms with Gasteiger partial charge in [0.05, 0.1) is 5.56 Å². The number of carbonyl (C=O) groups is 3. The van der Waals surface area contributed by atoms with Crippen LogP contribution in [0.5, 0.6) is 0 Å². The third-order valence-electron chi connectivity index (χ3n) is 4.27. The van der Waals surface area contributed by atoms with Gasteiger partial charge in [-0.3, -0.25) is 9.59 Å². The zero-order valence-electron chi connectivity index (χ0n) is 15.9. The third-order valence-corrected chi connectivity index (χ3v) is 4.27. The molecule has 0 aliphatic rings. The van der Waals surface area contributed by atoms with E-state index < -0.39 is 12.0 Å². The van der Waals surface area contributed by atoms with Gasteiger partial charge >= 0.3 is 5.97 Å². The van der Waals surface area contributed by atoms with Crippen molar-refractivity contribution in [2.75, 3.05) is 5.32 Å². The molecular weight excluding hydrogens is 344 g/mol. The van der Waals surface area contributed by atoms with Crippen LogP contribution in [0.4, 0.5) is 5.69 Å². The van der Waals surface area contributed by atoms with Gasteiger partial charge in [-0.1, -0.05) is 31.5 Å². The van der Waals surface area contributed by atoms with E-state index in [2.05, 4.69) is 10.6 Å². The number of aromatic carboxylic acids is 1. The number of benzene rings is 2. The maximum absolute atomic E-state index is 12.7. The molecule has 0 aromatic heterocycles. The van der Waals surface area contributed by atoms with Crippen molar-refractivity contribution in [1.82, 2.24) is 5.32 Å². The molecule has 0 saturated heterocycles. The molecule has 0 saturated carbocycles. The van der Waals surface area contributed by atoms with Crippen LogP contribution in [0.15, 0.2) is 42.5 Å². The molecule has 3 N–H and O–H groups in total. The van der Waals surface area contributed by atoms with E-state index in [9.17, 15) is 14.4 Å². The maximum Gasteiger partial charge on any atom is 0.335 e. The Morgan fingerprint density at radius 3 is 2.11 bits per heavy atom. The van der Waals surface area contributed by atoms with Crippen LogP contribution in [0, 0.1) is 19.8 Å². The maximum atomic E-state index is 12.7. The van der Waals surface area contributed by atoms with Gasteiger partial charge in [-0.25, -0.2) is 4.79 Å². The van der Waals surface area contributed by atoms with Crippen LogP contribution >= 0.6 is 0 Å². The summed E-state index contributed by atoms with van der Waals surface area (Å²) < 4.78 is 0. The second-order valence-corrected chi connectivity index (χ2v) is 6.89. The van der Waals surface area contributed by atoms with Gasteiger partial charge in [-0.05, 0) is 55.7 Å². The van der Waals surface area contributed by atoms with E-state index in [1.807, 2.05) is 32.9 Å². The molecule has 0 heterocycles. The van der Waals surface area contributed by atoms with E-state index in [0.29, 0.717) is 16.8 Å². The zero-order valence-corrected chi connectivity index (χ0v) is 15.9. The smallest absolute Gasteiger partial charge is 0.335 e. The SMILES string of the molecule is Cc1ccc(C(=O)NC(C(=O)Nc2ccc(C(=O)O)c(C)c2)C(C)C)cc1. The van der Waals surface area contributed by atoms with Gasteiger partial charge in [0, 0.05) is 11.3 Å². The quantitative estimate of drug-likeness (QED) is 0.728. The number of aryl methyl sites for hydroxylation is 2. The largest absolute Gasteiger partial charge is 0.478 e. The fraction of sp³-hybridized carbons (Fsp3) is 0.286. The third kappa shape index (κ3) is 5.17. The Labute approximate surface area is 158 Å². The highest BCUT2D eigenvalue weighted by Crippen LogP contribution is 2.16. The predicted molar refractivity (Wildman–Crippen MR) is 104 cm³/mol. The van der Waals surface area contributed by atoms with Crippen molar-refractivity contribution in [3.63, 3.8) is 0 Å². The summed E-state index contributed by atoms with van der Waals surface area (Å²) in [4.78, 5) is 36.2.